The summed E-state index contributed by atoms with van der Waals surface area (Å²) in [6.45, 7) is 0.438. The monoisotopic (exact) mass is 311 g/mol. The number of ether oxygens (including phenoxy) is 1. The van der Waals surface area contributed by atoms with Crippen molar-refractivity contribution in [3.63, 3.8) is 0 Å². The van der Waals surface area contributed by atoms with Crippen molar-refractivity contribution in [2.45, 2.75) is 25.9 Å². The zero-order valence-corrected chi connectivity index (χ0v) is 13.0. The lowest BCUT2D eigenvalue weighted by Crippen LogP contribution is -2.21. The number of amides is 1. The summed E-state index contributed by atoms with van der Waals surface area (Å²) in [4.78, 5) is 12.0. The lowest BCUT2D eigenvalue weighted by atomic mass is 9.83. The summed E-state index contributed by atoms with van der Waals surface area (Å²) < 4.78 is 5.28. The van der Waals surface area contributed by atoms with E-state index >= 15 is 0 Å². The Labute approximate surface area is 136 Å². The van der Waals surface area contributed by atoms with E-state index in [2.05, 4.69) is 11.4 Å². The molecule has 0 aromatic heterocycles. The summed E-state index contributed by atoms with van der Waals surface area (Å²) in [7, 11) is 0. The maximum atomic E-state index is 12.0. The lowest BCUT2D eigenvalue weighted by Gasteiger charge is -2.25. The number of nitrogens with one attached hydrogen (secondary N) is 1. The molecule has 0 aliphatic heterocycles. The Bertz CT molecular complexity index is 670. The molecule has 2 aromatic rings. The number of rotatable bonds is 4. The topological polar surface area (TPSA) is 58.6 Å². The number of benzene rings is 2. The van der Waals surface area contributed by atoms with Crippen LogP contribution in [0.25, 0.3) is 0 Å². The number of fused-ring (bicyclic) bond motifs is 1. The molecule has 1 atom stereocenters. The maximum Gasteiger partial charge on any atom is 0.411 e. The fourth-order valence-corrected chi connectivity index (χ4v) is 3.00. The van der Waals surface area contributed by atoms with E-state index in [-0.39, 0.29) is 19.1 Å². The van der Waals surface area contributed by atoms with E-state index in [1.54, 1.807) is 0 Å². The van der Waals surface area contributed by atoms with Gasteiger partial charge in [0.05, 0.1) is 0 Å². The van der Waals surface area contributed by atoms with Gasteiger partial charge in [0.15, 0.2) is 0 Å². The molecule has 1 unspecified atom stereocenters. The van der Waals surface area contributed by atoms with Gasteiger partial charge < -0.3 is 9.84 Å². The van der Waals surface area contributed by atoms with Gasteiger partial charge in [0.2, 0.25) is 0 Å². The summed E-state index contributed by atoms with van der Waals surface area (Å²) in [6.07, 6.45) is 2.27. The second-order valence-corrected chi connectivity index (χ2v) is 5.92. The second kappa shape index (κ2) is 7.29. The van der Waals surface area contributed by atoms with E-state index in [9.17, 15) is 9.90 Å². The number of hydrogen-bond acceptors (Lipinski definition) is 3. The molecule has 0 bridgehead atoms. The first kappa shape index (κ1) is 15.6. The molecule has 120 valence electrons. The molecule has 4 nitrogen and oxygen atoms in total. The van der Waals surface area contributed by atoms with Crippen molar-refractivity contribution in [1.82, 2.24) is 0 Å². The highest BCUT2D eigenvalue weighted by Gasteiger charge is 2.21. The van der Waals surface area contributed by atoms with Gasteiger partial charge in [0.25, 0.3) is 0 Å². The Morgan fingerprint density at radius 1 is 1.17 bits per heavy atom. The first-order valence-corrected chi connectivity index (χ1v) is 7.95. The van der Waals surface area contributed by atoms with Gasteiger partial charge in [-0.15, -0.1) is 0 Å². The summed E-state index contributed by atoms with van der Waals surface area (Å²) in [5.41, 5.74) is 4.11. The number of anilines is 1. The minimum atomic E-state index is -0.451. The van der Waals surface area contributed by atoms with Crippen LogP contribution in [-0.4, -0.2) is 17.8 Å². The van der Waals surface area contributed by atoms with Crippen molar-refractivity contribution in [1.29, 1.82) is 0 Å². The maximum absolute atomic E-state index is 12.0. The molecule has 1 amide bonds. The molecule has 3 rings (SSSR count). The van der Waals surface area contributed by atoms with Gasteiger partial charge in [-0.2, -0.15) is 0 Å². The van der Waals surface area contributed by atoms with Gasteiger partial charge in [-0.1, -0.05) is 42.5 Å². The number of aliphatic hydroxyl groups excluding tert-OH is 1. The standard InChI is InChI=1S/C19H21NO3/c21-12-15-9-10-16-7-4-8-18(17(16)11-15)20-19(22)23-13-14-5-2-1-3-6-14/h1-8,15,21H,9-13H2,(H,20,22). The van der Waals surface area contributed by atoms with Crippen LogP contribution in [-0.2, 0) is 24.2 Å². The van der Waals surface area contributed by atoms with Crippen molar-refractivity contribution < 1.29 is 14.6 Å². The Balaban J connectivity index is 1.65. The molecule has 0 heterocycles. The van der Waals surface area contributed by atoms with Crippen LogP contribution in [0.4, 0.5) is 10.5 Å². The van der Waals surface area contributed by atoms with E-state index in [1.807, 2.05) is 42.5 Å². The summed E-state index contributed by atoms with van der Waals surface area (Å²) in [5.74, 6) is 0.269. The number of aliphatic hydroxyl groups is 1. The molecular formula is C19H21NO3. The highest BCUT2D eigenvalue weighted by molar-refractivity contribution is 5.86. The Kier molecular flexibility index (Phi) is 4.93. The fraction of sp³-hybridized carbons (Fsp3) is 0.316. The van der Waals surface area contributed by atoms with Crippen LogP contribution in [0.5, 0.6) is 0 Å². The largest absolute Gasteiger partial charge is 0.444 e. The molecule has 0 saturated heterocycles. The van der Waals surface area contributed by atoms with Gasteiger partial charge in [-0.05, 0) is 47.9 Å². The third kappa shape index (κ3) is 3.90. The molecule has 0 spiro atoms. The van der Waals surface area contributed by atoms with Gasteiger partial charge in [-0.3, -0.25) is 5.32 Å². The summed E-state index contributed by atoms with van der Waals surface area (Å²) in [5, 5.41) is 12.2. The van der Waals surface area contributed by atoms with Crippen LogP contribution in [0.1, 0.15) is 23.1 Å². The molecule has 0 radical (unpaired) electrons. The Morgan fingerprint density at radius 3 is 2.78 bits per heavy atom. The second-order valence-electron chi connectivity index (χ2n) is 5.92. The van der Waals surface area contributed by atoms with Crippen LogP contribution >= 0.6 is 0 Å². The number of hydrogen-bond donors (Lipinski definition) is 2. The van der Waals surface area contributed by atoms with E-state index in [0.717, 1.165) is 36.1 Å². The minimum Gasteiger partial charge on any atom is -0.444 e. The molecule has 0 saturated carbocycles. The fourth-order valence-electron chi connectivity index (χ4n) is 3.00. The molecule has 2 N–H and O–H groups in total. The van der Waals surface area contributed by atoms with Crippen molar-refractivity contribution in [2.75, 3.05) is 11.9 Å². The Morgan fingerprint density at radius 2 is 2.00 bits per heavy atom. The van der Waals surface area contributed by atoms with Gasteiger partial charge >= 0.3 is 6.09 Å². The lowest BCUT2D eigenvalue weighted by molar-refractivity contribution is 0.155. The third-order valence-corrected chi connectivity index (χ3v) is 4.30. The van der Waals surface area contributed by atoms with Crippen LogP contribution in [0, 0.1) is 5.92 Å². The molecule has 1 aliphatic rings. The zero-order chi connectivity index (χ0) is 16.1. The van der Waals surface area contributed by atoms with Gasteiger partial charge in [0, 0.05) is 12.3 Å². The molecule has 0 fully saturated rings. The molecular weight excluding hydrogens is 290 g/mol. The van der Waals surface area contributed by atoms with Crippen LogP contribution in [0.2, 0.25) is 0 Å². The highest BCUT2D eigenvalue weighted by atomic mass is 16.5. The average molecular weight is 311 g/mol. The normalized spacial score (nSPS) is 16.5. The molecule has 1 aliphatic carbocycles. The van der Waals surface area contributed by atoms with Crippen LogP contribution in [0.3, 0.4) is 0 Å². The van der Waals surface area contributed by atoms with Gasteiger partial charge in [0.1, 0.15) is 6.61 Å². The first-order valence-electron chi connectivity index (χ1n) is 7.95. The first-order chi connectivity index (χ1) is 11.3. The number of aryl methyl sites for hydroxylation is 1. The van der Waals surface area contributed by atoms with Crippen LogP contribution in [0.15, 0.2) is 48.5 Å². The molecule has 23 heavy (non-hydrogen) atoms. The predicted molar refractivity (Wildman–Crippen MR) is 89.3 cm³/mol. The predicted octanol–water partition coefficient (Wildman–Crippen LogP) is 3.53. The summed E-state index contributed by atoms with van der Waals surface area (Å²) >= 11 is 0. The quantitative estimate of drug-likeness (QED) is 0.908. The molecule has 4 heteroatoms. The highest BCUT2D eigenvalue weighted by Crippen LogP contribution is 2.30. The van der Waals surface area contributed by atoms with E-state index in [4.69, 9.17) is 4.74 Å². The van der Waals surface area contributed by atoms with E-state index in [1.165, 1.54) is 5.56 Å². The minimum absolute atomic E-state index is 0.187. The van der Waals surface area contributed by atoms with Gasteiger partial charge in [-0.25, -0.2) is 4.79 Å². The van der Waals surface area contributed by atoms with E-state index < -0.39 is 6.09 Å². The van der Waals surface area contributed by atoms with Crippen molar-refractivity contribution in [3.8, 4) is 0 Å². The van der Waals surface area contributed by atoms with Crippen molar-refractivity contribution >= 4 is 11.8 Å². The van der Waals surface area contributed by atoms with Crippen molar-refractivity contribution in [2.24, 2.45) is 5.92 Å². The summed E-state index contributed by atoms with van der Waals surface area (Å²) in [6, 6.07) is 15.5. The van der Waals surface area contributed by atoms with E-state index in [0.29, 0.717) is 0 Å². The average Bonchev–Trinajstić information content (AvgIpc) is 2.61. The smallest absolute Gasteiger partial charge is 0.411 e. The third-order valence-electron chi connectivity index (χ3n) is 4.30. The SMILES string of the molecule is O=C(Nc1cccc2c1CC(CO)CC2)OCc1ccccc1. The Hall–Kier alpha value is -2.33. The number of carbonyl (C=O) groups excluding carboxylic acids is 1. The molecule has 2 aromatic carbocycles. The van der Waals surface area contributed by atoms with Crippen LogP contribution < -0.4 is 5.32 Å². The number of carbonyl (C=O) groups is 1. The zero-order valence-electron chi connectivity index (χ0n) is 13.0. The van der Waals surface area contributed by atoms with Crippen molar-refractivity contribution in [3.05, 3.63) is 65.2 Å².